The maximum absolute atomic E-state index is 13.0. The van der Waals surface area contributed by atoms with Crippen molar-refractivity contribution in [1.29, 1.82) is 0 Å². The smallest absolute Gasteiger partial charge is 0.350 e. The molecule has 0 saturated carbocycles. The van der Waals surface area contributed by atoms with Crippen molar-refractivity contribution in [2.75, 3.05) is 26.7 Å². The third kappa shape index (κ3) is 5.31. The van der Waals surface area contributed by atoms with Gasteiger partial charge in [0.1, 0.15) is 6.61 Å². The van der Waals surface area contributed by atoms with Crippen molar-refractivity contribution in [2.45, 2.75) is 63.9 Å². The van der Waals surface area contributed by atoms with Gasteiger partial charge < -0.3 is 29.3 Å². The first kappa shape index (κ1) is 25.0. The van der Waals surface area contributed by atoms with Crippen LogP contribution in [-0.2, 0) is 33.4 Å². The number of carbonyl (C=O) groups excluding carboxylic acids is 4. The number of hydrogen-bond donors (Lipinski definition) is 2. The molecule has 1 unspecified atom stereocenters. The number of Topliss-reactive ketones (excluding diaryl/α,β-unsaturated/α-hetero) is 1. The van der Waals surface area contributed by atoms with Crippen molar-refractivity contribution in [3.05, 3.63) is 11.6 Å². The molecule has 5 atom stereocenters. The number of hydrogen-bond acceptors (Lipinski definition) is 10. The summed E-state index contributed by atoms with van der Waals surface area (Å²) in [5.41, 5.74) is -4.20. The molecule has 31 heavy (non-hydrogen) atoms. The van der Waals surface area contributed by atoms with E-state index < -0.39 is 59.4 Å². The number of cyclic esters (lactones) is 1. The molecule has 2 bridgehead atoms. The van der Waals surface area contributed by atoms with Gasteiger partial charge in [-0.15, -0.1) is 0 Å². The van der Waals surface area contributed by atoms with Crippen LogP contribution in [-0.4, -0.2) is 89.0 Å². The molecule has 2 aliphatic rings. The topological polar surface area (TPSA) is 140 Å². The first-order valence-corrected chi connectivity index (χ1v) is 10.2. The summed E-state index contributed by atoms with van der Waals surface area (Å²) in [4.78, 5) is 52.4. The molecule has 0 spiro atoms. The van der Waals surface area contributed by atoms with Gasteiger partial charge in [-0.25, -0.2) is 9.59 Å². The van der Waals surface area contributed by atoms with Crippen molar-refractivity contribution in [1.82, 2.24) is 4.90 Å². The lowest BCUT2D eigenvalue weighted by Crippen LogP contribution is -2.57. The molecule has 0 aliphatic carbocycles. The van der Waals surface area contributed by atoms with E-state index in [2.05, 4.69) is 0 Å². The monoisotopic (exact) mass is 441 g/mol. The summed E-state index contributed by atoms with van der Waals surface area (Å²) in [5, 5.41) is 21.2. The Morgan fingerprint density at radius 2 is 1.97 bits per heavy atom. The van der Waals surface area contributed by atoms with E-state index in [0.717, 1.165) is 6.92 Å². The van der Waals surface area contributed by atoms with Gasteiger partial charge in [-0.05, 0) is 27.3 Å². The van der Waals surface area contributed by atoms with Crippen molar-refractivity contribution < 1.29 is 43.6 Å². The molecule has 2 rings (SSSR count). The fourth-order valence-corrected chi connectivity index (χ4v) is 3.62. The van der Waals surface area contributed by atoms with Crippen LogP contribution in [0.15, 0.2) is 11.6 Å². The van der Waals surface area contributed by atoms with Gasteiger partial charge in [0.2, 0.25) is 11.4 Å². The Labute approximate surface area is 181 Å². The third-order valence-electron chi connectivity index (χ3n) is 6.00. The minimum atomic E-state index is -2.45. The minimum absolute atomic E-state index is 0.122. The van der Waals surface area contributed by atoms with Gasteiger partial charge in [-0.2, -0.15) is 0 Å². The lowest BCUT2D eigenvalue weighted by Gasteiger charge is -2.39. The van der Waals surface area contributed by atoms with Crippen LogP contribution in [0, 0.1) is 5.92 Å². The van der Waals surface area contributed by atoms with Gasteiger partial charge in [0, 0.05) is 37.9 Å². The summed E-state index contributed by atoms with van der Waals surface area (Å²) >= 11 is 0. The van der Waals surface area contributed by atoms with E-state index in [1.54, 1.807) is 6.08 Å². The van der Waals surface area contributed by atoms with Crippen LogP contribution in [0.2, 0.25) is 0 Å². The Morgan fingerprint density at radius 3 is 2.55 bits per heavy atom. The van der Waals surface area contributed by atoms with Crippen LogP contribution in [0.25, 0.3) is 0 Å². The molecule has 2 aliphatic heterocycles. The van der Waals surface area contributed by atoms with Gasteiger partial charge in [-0.1, -0.05) is 13.0 Å². The van der Waals surface area contributed by atoms with E-state index in [1.165, 1.54) is 20.8 Å². The summed E-state index contributed by atoms with van der Waals surface area (Å²) in [7, 11) is 1.81. The molecule has 10 heteroatoms. The zero-order chi connectivity index (χ0) is 23.6. The molecule has 2 N–H and O–H groups in total. The summed E-state index contributed by atoms with van der Waals surface area (Å²) in [6.45, 7) is 5.55. The van der Waals surface area contributed by atoms with Crippen LogP contribution >= 0.6 is 0 Å². The van der Waals surface area contributed by atoms with E-state index in [0.29, 0.717) is 13.1 Å². The molecular formula is C21H31NO9. The quantitative estimate of drug-likeness (QED) is 0.435. The standard InChI is InChI=1S/C21H31NO9/c1-12-10-21(28,13(2)23)19(27)30-16-7-9-22(5)8-6-15(17(16)25)11-29-18(26)20(12,4)31-14(3)24/h6,12-13,16,23,28H,7-11H2,1-5H3/b15-6-/t12-,13+,16?,20-,21+/m1/s1. The number of likely N-dealkylation sites (N-methyl/N-ethyl adjacent to an activating group) is 1. The summed E-state index contributed by atoms with van der Waals surface area (Å²) in [5.74, 6) is -4.39. The largest absolute Gasteiger partial charge is 0.458 e. The molecule has 0 aromatic heterocycles. The molecule has 0 amide bonds. The molecule has 0 aromatic carbocycles. The maximum Gasteiger partial charge on any atom is 0.350 e. The Balaban J connectivity index is 2.56. The average Bonchev–Trinajstić information content (AvgIpc) is 2.67. The Morgan fingerprint density at radius 1 is 1.32 bits per heavy atom. The highest BCUT2D eigenvalue weighted by Gasteiger charge is 2.53. The number of nitrogens with zero attached hydrogens (tertiary/aromatic N) is 1. The highest BCUT2D eigenvalue weighted by atomic mass is 16.6. The lowest BCUT2D eigenvalue weighted by molar-refractivity contribution is -0.199. The number of aliphatic hydroxyl groups excluding tert-OH is 1. The fourth-order valence-electron chi connectivity index (χ4n) is 3.62. The fraction of sp³-hybridized carbons (Fsp3) is 0.714. The molecule has 174 valence electrons. The first-order chi connectivity index (χ1) is 14.3. The summed E-state index contributed by atoms with van der Waals surface area (Å²) < 4.78 is 16.0. The van der Waals surface area contributed by atoms with Crippen LogP contribution < -0.4 is 0 Å². The molecule has 0 radical (unpaired) electrons. The van der Waals surface area contributed by atoms with Crippen molar-refractivity contribution in [2.24, 2.45) is 5.92 Å². The molecule has 0 aromatic rings. The maximum atomic E-state index is 13.0. The zero-order valence-corrected chi connectivity index (χ0v) is 18.5. The Hall–Kier alpha value is -2.30. The van der Waals surface area contributed by atoms with E-state index >= 15 is 0 Å². The van der Waals surface area contributed by atoms with Gasteiger partial charge in [0.05, 0.1) is 6.10 Å². The van der Waals surface area contributed by atoms with Gasteiger partial charge in [0.25, 0.3) is 0 Å². The summed E-state index contributed by atoms with van der Waals surface area (Å²) in [6, 6.07) is 0. The molecular weight excluding hydrogens is 410 g/mol. The second-order valence-electron chi connectivity index (χ2n) is 8.52. The third-order valence-corrected chi connectivity index (χ3v) is 6.00. The number of rotatable bonds is 2. The SMILES string of the molecule is CC(=O)O[C@@]1(C)C(=O)OC/C2=C/CN(C)CCC(OC(=O)[C@@](O)([C@H](C)O)C[C@H]1C)C2=O. The van der Waals surface area contributed by atoms with Crippen molar-refractivity contribution >= 4 is 23.7 Å². The second-order valence-corrected chi connectivity index (χ2v) is 8.52. The van der Waals surface area contributed by atoms with Gasteiger partial charge >= 0.3 is 17.9 Å². The number of aliphatic hydroxyl groups is 2. The number of ketones is 1. The first-order valence-electron chi connectivity index (χ1n) is 10.2. The van der Waals surface area contributed by atoms with Gasteiger partial charge in [-0.3, -0.25) is 9.59 Å². The Bertz CT molecular complexity index is 777. The normalized spacial score (nSPS) is 36.4. The van der Waals surface area contributed by atoms with Crippen LogP contribution in [0.4, 0.5) is 0 Å². The second kappa shape index (κ2) is 9.46. The van der Waals surface area contributed by atoms with E-state index in [9.17, 15) is 29.4 Å². The van der Waals surface area contributed by atoms with Crippen LogP contribution in [0.1, 0.15) is 40.5 Å². The van der Waals surface area contributed by atoms with Crippen molar-refractivity contribution in [3.8, 4) is 0 Å². The van der Waals surface area contributed by atoms with Gasteiger partial charge in [0.15, 0.2) is 11.7 Å². The predicted octanol–water partition coefficient (Wildman–Crippen LogP) is -0.254. The zero-order valence-electron chi connectivity index (χ0n) is 18.5. The van der Waals surface area contributed by atoms with Crippen LogP contribution in [0.3, 0.4) is 0 Å². The molecule has 2 heterocycles. The number of fused-ring (bicyclic) bond motifs is 2. The highest BCUT2D eigenvalue weighted by molar-refractivity contribution is 6.01. The molecule has 1 fully saturated rings. The minimum Gasteiger partial charge on any atom is -0.458 e. The predicted molar refractivity (Wildman–Crippen MR) is 107 cm³/mol. The molecule has 1 saturated heterocycles. The summed E-state index contributed by atoms with van der Waals surface area (Å²) in [6.07, 6.45) is -1.53. The van der Waals surface area contributed by atoms with E-state index in [1.807, 2.05) is 11.9 Å². The Kier molecular flexibility index (Phi) is 7.61. The number of carbonyl (C=O) groups is 4. The van der Waals surface area contributed by atoms with E-state index in [-0.39, 0.29) is 18.6 Å². The average molecular weight is 441 g/mol. The van der Waals surface area contributed by atoms with Crippen LogP contribution in [0.5, 0.6) is 0 Å². The van der Waals surface area contributed by atoms with E-state index in [4.69, 9.17) is 14.2 Å². The number of esters is 3. The highest BCUT2D eigenvalue weighted by Crippen LogP contribution is 2.34. The van der Waals surface area contributed by atoms with Crippen molar-refractivity contribution in [3.63, 3.8) is 0 Å². The molecule has 10 nitrogen and oxygen atoms in total. The number of ether oxygens (including phenoxy) is 3. The lowest BCUT2D eigenvalue weighted by atomic mass is 9.78.